The normalized spacial score (nSPS) is 10.2. The summed E-state index contributed by atoms with van der Waals surface area (Å²) in [6, 6.07) is 7.10. The highest BCUT2D eigenvalue weighted by atomic mass is 79.9. The third-order valence-corrected chi connectivity index (χ3v) is 3.16. The van der Waals surface area contributed by atoms with E-state index < -0.39 is 0 Å². The molecule has 0 aromatic heterocycles. The van der Waals surface area contributed by atoms with Crippen LogP contribution < -0.4 is 0 Å². The zero-order valence-corrected chi connectivity index (χ0v) is 11.6. The molecule has 4 heteroatoms. The van der Waals surface area contributed by atoms with Crippen LogP contribution in [0.3, 0.4) is 0 Å². The van der Waals surface area contributed by atoms with Crippen LogP contribution in [0.25, 0.3) is 0 Å². The zero-order valence-electron chi connectivity index (χ0n) is 10.0. The molecule has 1 N–H and O–H groups in total. The number of unbranched alkanes of at least 4 members (excludes halogenated alkanes) is 1. The number of carbonyl (C=O) groups excluding carboxylic acids is 1. The first kappa shape index (κ1) is 14.0. The smallest absolute Gasteiger partial charge is 0.222 e. The van der Waals surface area contributed by atoms with Gasteiger partial charge in [-0.2, -0.15) is 0 Å². The summed E-state index contributed by atoms with van der Waals surface area (Å²) in [5, 5.41) is 10.5. The fourth-order valence-electron chi connectivity index (χ4n) is 1.55. The third kappa shape index (κ3) is 4.77. The predicted octanol–water partition coefficient (Wildman–Crippen LogP) is 2.92. The van der Waals surface area contributed by atoms with Gasteiger partial charge in [0.1, 0.15) is 5.75 Å². The van der Waals surface area contributed by atoms with Crippen LogP contribution in [-0.2, 0) is 11.3 Å². The highest BCUT2D eigenvalue weighted by Gasteiger charge is 2.10. The lowest BCUT2D eigenvalue weighted by molar-refractivity contribution is -0.130. The Hall–Kier alpha value is -1.03. The van der Waals surface area contributed by atoms with E-state index in [1.54, 1.807) is 24.1 Å². The topological polar surface area (TPSA) is 40.5 Å². The standard InChI is InChI=1S/C13H18BrNO2/c1-15(13(17)8-4-5-9-14)10-11-6-2-3-7-12(11)16/h2-3,6-7,16H,4-5,8-10H2,1H3. The molecule has 0 atom stereocenters. The first-order valence-corrected chi connectivity index (χ1v) is 6.84. The van der Waals surface area contributed by atoms with Gasteiger partial charge in [-0.3, -0.25) is 4.79 Å². The summed E-state index contributed by atoms with van der Waals surface area (Å²) in [5.41, 5.74) is 0.781. The van der Waals surface area contributed by atoms with E-state index in [9.17, 15) is 9.90 Å². The van der Waals surface area contributed by atoms with Gasteiger partial charge in [0.2, 0.25) is 5.91 Å². The van der Waals surface area contributed by atoms with E-state index in [2.05, 4.69) is 15.9 Å². The molecule has 0 bridgehead atoms. The molecule has 0 aliphatic rings. The van der Waals surface area contributed by atoms with Gasteiger partial charge < -0.3 is 10.0 Å². The van der Waals surface area contributed by atoms with Crippen molar-refractivity contribution in [2.45, 2.75) is 25.8 Å². The van der Waals surface area contributed by atoms with Crippen LogP contribution in [0.5, 0.6) is 5.75 Å². The quantitative estimate of drug-likeness (QED) is 0.648. The second-order valence-corrected chi connectivity index (χ2v) is 4.82. The molecule has 3 nitrogen and oxygen atoms in total. The molecule has 94 valence electrons. The van der Waals surface area contributed by atoms with Crippen LogP contribution in [0.4, 0.5) is 0 Å². The molecule has 1 amide bonds. The maximum absolute atomic E-state index is 11.8. The van der Waals surface area contributed by atoms with E-state index in [0.717, 1.165) is 23.7 Å². The van der Waals surface area contributed by atoms with Gasteiger partial charge in [0.15, 0.2) is 0 Å². The van der Waals surface area contributed by atoms with Crippen LogP contribution in [0, 0.1) is 0 Å². The van der Waals surface area contributed by atoms with Gasteiger partial charge in [-0.15, -0.1) is 0 Å². The van der Waals surface area contributed by atoms with Crippen molar-refractivity contribution in [2.75, 3.05) is 12.4 Å². The lowest BCUT2D eigenvalue weighted by Crippen LogP contribution is -2.25. The highest BCUT2D eigenvalue weighted by molar-refractivity contribution is 9.09. The van der Waals surface area contributed by atoms with E-state index in [1.165, 1.54) is 0 Å². The largest absolute Gasteiger partial charge is 0.508 e. The minimum atomic E-state index is 0.120. The van der Waals surface area contributed by atoms with Gasteiger partial charge in [0, 0.05) is 30.9 Å². The maximum Gasteiger partial charge on any atom is 0.222 e. The number of para-hydroxylation sites is 1. The van der Waals surface area contributed by atoms with Crippen molar-refractivity contribution in [2.24, 2.45) is 0 Å². The van der Waals surface area contributed by atoms with Crippen LogP contribution in [0.1, 0.15) is 24.8 Å². The Morgan fingerprint density at radius 1 is 1.35 bits per heavy atom. The number of phenolic OH excluding ortho intramolecular Hbond substituents is 1. The number of nitrogens with zero attached hydrogens (tertiary/aromatic N) is 1. The number of benzene rings is 1. The molecule has 1 aromatic rings. The summed E-state index contributed by atoms with van der Waals surface area (Å²) in [5.74, 6) is 0.363. The number of hydrogen-bond donors (Lipinski definition) is 1. The van der Waals surface area contributed by atoms with Gasteiger partial charge in [-0.1, -0.05) is 34.1 Å². The van der Waals surface area contributed by atoms with Crippen molar-refractivity contribution in [1.29, 1.82) is 0 Å². The fraction of sp³-hybridized carbons (Fsp3) is 0.462. The van der Waals surface area contributed by atoms with E-state index in [-0.39, 0.29) is 11.7 Å². The Kier molecular flexibility index (Phi) is 6.05. The van der Waals surface area contributed by atoms with E-state index >= 15 is 0 Å². The number of amides is 1. The molecule has 0 aliphatic heterocycles. The number of alkyl halides is 1. The monoisotopic (exact) mass is 299 g/mol. The van der Waals surface area contributed by atoms with Crippen molar-refractivity contribution in [3.8, 4) is 5.75 Å². The van der Waals surface area contributed by atoms with Crippen LogP contribution >= 0.6 is 15.9 Å². The summed E-state index contributed by atoms with van der Waals surface area (Å²) in [4.78, 5) is 13.4. The molecule has 0 spiro atoms. The van der Waals surface area contributed by atoms with Gasteiger partial charge in [-0.05, 0) is 18.9 Å². The Morgan fingerprint density at radius 3 is 2.71 bits per heavy atom. The number of phenols is 1. The molecule has 0 aliphatic carbocycles. The van der Waals surface area contributed by atoms with Gasteiger partial charge >= 0.3 is 0 Å². The summed E-state index contributed by atoms with van der Waals surface area (Å²) in [6.45, 7) is 0.458. The van der Waals surface area contributed by atoms with Crippen molar-refractivity contribution in [3.63, 3.8) is 0 Å². The summed E-state index contributed by atoms with van der Waals surface area (Å²) in [6.07, 6.45) is 2.47. The summed E-state index contributed by atoms with van der Waals surface area (Å²) in [7, 11) is 1.77. The Morgan fingerprint density at radius 2 is 2.06 bits per heavy atom. The minimum Gasteiger partial charge on any atom is -0.508 e. The molecular formula is C13H18BrNO2. The van der Waals surface area contributed by atoms with Gasteiger partial charge in [-0.25, -0.2) is 0 Å². The lowest BCUT2D eigenvalue weighted by Gasteiger charge is -2.17. The van der Waals surface area contributed by atoms with E-state index in [1.807, 2.05) is 12.1 Å². The minimum absolute atomic E-state index is 0.120. The molecule has 0 heterocycles. The molecular weight excluding hydrogens is 282 g/mol. The fourth-order valence-corrected chi connectivity index (χ4v) is 1.95. The molecule has 0 unspecified atom stereocenters. The van der Waals surface area contributed by atoms with E-state index in [4.69, 9.17) is 0 Å². The first-order chi connectivity index (χ1) is 8.15. The van der Waals surface area contributed by atoms with Crippen LogP contribution in [0.2, 0.25) is 0 Å². The molecule has 0 fully saturated rings. The number of halogens is 1. The second-order valence-electron chi connectivity index (χ2n) is 4.02. The van der Waals surface area contributed by atoms with Crippen LogP contribution in [0.15, 0.2) is 24.3 Å². The predicted molar refractivity (Wildman–Crippen MR) is 72.2 cm³/mol. The zero-order chi connectivity index (χ0) is 12.7. The van der Waals surface area contributed by atoms with Crippen LogP contribution in [-0.4, -0.2) is 28.3 Å². The third-order valence-electron chi connectivity index (χ3n) is 2.60. The number of aromatic hydroxyl groups is 1. The molecule has 0 saturated heterocycles. The molecule has 0 saturated carbocycles. The van der Waals surface area contributed by atoms with Crippen molar-refractivity contribution >= 4 is 21.8 Å². The van der Waals surface area contributed by atoms with Crippen molar-refractivity contribution in [1.82, 2.24) is 4.90 Å². The number of rotatable bonds is 6. The first-order valence-electron chi connectivity index (χ1n) is 5.72. The Balaban J connectivity index is 2.46. The van der Waals surface area contributed by atoms with E-state index in [0.29, 0.717) is 13.0 Å². The molecule has 1 aromatic carbocycles. The van der Waals surface area contributed by atoms with Crippen molar-refractivity contribution < 1.29 is 9.90 Å². The van der Waals surface area contributed by atoms with Gasteiger partial charge in [0.05, 0.1) is 0 Å². The SMILES string of the molecule is CN(Cc1ccccc1O)C(=O)CCCCBr. The molecule has 1 rings (SSSR count). The van der Waals surface area contributed by atoms with Gasteiger partial charge in [0.25, 0.3) is 0 Å². The highest BCUT2D eigenvalue weighted by Crippen LogP contribution is 2.17. The second kappa shape index (κ2) is 7.33. The molecule has 0 radical (unpaired) electrons. The average molecular weight is 300 g/mol. The van der Waals surface area contributed by atoms with Crippen molar-refractivity contribution in [3.05, 3.63) is 29.8 Å². The maximum atomic E-state index is 11.8. The Labute approximate surface area is 111 Å². The summed E-state index contributed by atoms with van der Waals surface area (Å²) >= 11 is 3.34. The molecule has 17 heavy (non-hydrogen) atoms. The average Bonchev–Trinajstić information content (AvgIpc) is 2.32. The summed E-state index contributed by atoms with van der Waals surface area (Å²) < 4.78 is 0. The number of hydrogen-bond acceptors (Lipinski definition) is 2. The Bertz CT molecular complexity index is 368. The number of carbonyl (C=O) groups is 1. The lowest BCUT2D eigenvalue weighted by atomic mass is 10.2.